The monoisotopic (exact) mass is 183 g/mol. The lowest BCUT2D eigenvalue weighted by Gasteiger charge is -2.17. The molecule has 3 nitrogen and oxygen atoms in total. The minimum absolute atomic E-state index is 0.0509. The summed E-state index contributed by atoms with van der Waals surface area (Å²) in [7, 11) is 0. The molecule has 0 amide bonds. The number of aromatic nitrogens is 1. The van der Waals surface area contributed by atoms with Gasteiger partial charge >= 0.3 is 5.97 Å². The van der Waals surface area contributed by atoms with Gasteiger partial charge in [-0.2, -0.15) is 0 Å². The van der Waals surface area contributed by atoms with E-state index in [2.05, 4.69) is 4.98 Å². The smallest absolute Gasteiger partial charge is 0.347 e. The summed E-state index contributed by atoms with van der Waals surface area (Å²) in [6, 6.07) is 4.55. The van der Waals surface area contributed by atoms with Crippen molar-refractivity contribution in [2.24, 2.45) is 0 Å². The quantitative estimate of drug-likeness (QED) is 0.776. The number of pyridine rings is 1. The Labute approximate surface area is 75.2 Å². The van der Waals surface area contributed by atoms with Gasteiger partial charge in [-0.1, -0.05) is 13.0 Å². The third kappa shape index (κ3) is 1.66. The Bertz CT molecular complexity index is 302. The van der Waals surface area contributed by atoms with E-state index in [-0.39, 0.29) is 12.1 Å². The molecule has 0 radical (unpaired) electrons. The Kier molecular flexibility index (Phi) is 2.60. The molecule has 0 aliphatic carbocycles. The molecule has 0 bridgehead atoms. The van der Waals surface area contributed by atoms with Crippen LogP contribution in [-0.2, 0) is 10.5 Å². The SMILES string of the molecule is CCC(F)(C(=O)O)c1ccccn1. The average Bonchev–Trinajstić information content (AvgIpc) is 2.17. The number of carbonyl (C=O) groups is 1. The lowest BCUT2D eigenvalue weighted by Crippen LogP contribution is -2.30. The van der Waals surface area contributed by atoms with E-state index in [4.69, 9.17) is 5.11 Å². The molecule has 1 heterocycles. The Morgan fingerprint density at radius 2 is 2.38 bits per heavy atom. The van der Waals surface area contributed by atoms with Gasteiger partial charge < -0.3 is 5.11 Å². The van der Waals surface area contributed by atoms with Crippen LogP contribution in [0.15, 0.2) is 24.4 Å². The molecule has 1 N–H and O–H groups in total. The molecule has 0 aromatic carbocycles. The minimum atomic E-state index is -2.36. The molecule has 0 aliphatic rings. The van der Waals surface area contributed by atoms with Crippen LogP contribution in [0, 0.1) is 0 Å². The highest BCUT2D eigenvalue weighted by molar-refractivity contribution is 5.78. The fraction of sp³-hybridized carbons (Fsp3) is 0.333. The van der Waals surface area contributed by atoms with Gasteiger partial charge in [-0.25, -0.2) is 9.18 Å². The van der Waals surface area contributed by atoms with Gasteiger partial charge in [-0.05, 0) is 18.6 Å². The van der Waals surface area contributed by atoms with E-state index in [1.54, 1.807) is 12.1 Å². The van der Waals surface area contributed by atoms with Gasteiger partial charge in [0.25, 0.3) is 0 Å². The third-order valence-corrected chi connectivity index (χ3v) is 1.90. The normalized spacial score (nSPS) is 14.9. The Morgan fingerprint density at radius 1 is 1.69 bits per heavy atom. The zero-order valence-corrected chi connectivity index (χ0v) is 7.20. The van der Waals surface area contributed by atoms with E-state index < -0.39 is 11.6 Å². The molecule has 0 aliphatic heterocycles. The summed E-state index contributed by atoms with van der Waals surface area (Å²) in [4.78, 5) is 14.3. The second-order valence-electron chi connectivity index (χ2n) is 2.67. The van der Waals surface area contributed by atoms with E-state index in [0.717, 1.165) is 0 Å². The van der Waals surface area contributed by atoms with Crippen molar-refractivity contribution in [3.05, 3.63) is 30.1 Å². The fourth-order valence-electron chi connectivity index (χ4n) is 1.04. The molecule has 0 saturated heterocycles. The van der Waals surface area contributed by atoms with Gasteiger partial charge in [0.05, 0.1) is 5.69 Å². The van der Waals surface area contributed by atoms with Crippen molar-refractivity contribution in [1.29, 1.82) is 0 Å². The van der Waals surface area contributed by atoms with Gasteiger partial charge in [-0.15, -0.1) is 0 Å². The summed E-state index contributed by atoms with van der Waals surface area (Å²) < 4.78 is 13.7. The molecule has 0 fully saturated rings. The van der Waals surface area contributed by atoms with E-state index >= 15 is 0 Å². The number of carboxylic acid groups (broad SMARTS) is 1. The first-order chi connectivity index (χ1) is 6.11. The number of aliphatic carboxylic acids is 1. The molecule has 4 heteroatoms. The van der Waals surface area contributed by atoms with Gasteiger partial charge in [0, 0.05) is 6.20 Å². The Morgan fingerprint density at radius 3 is 2.77 bits per heavy atom. The van der Waals surface area contributed by atoms with Gasteiger partial charge in [-0.3, -0.25) is 4.98 Å². The largest absolute Gasteiger partial charge is 0.479 e. The molecule has 1 rings (SSSR count). The summed E-state index contributed by atoms with van der Waals surface area (Å²) in [5.41, 5.74) is -2.41. The lowest BCUT2D eigenvalue weighted by molar-refractivity contribution is -0.152. The highest BCUT2D eigenvalue weighted by atomic mass is 19.1. The van der Waals surface area contributed by atoms with Crippen molar-refractivity contribution in [1.82, 2.24) is 4.98 Å². The first-order valence-electron chi connectivity index (χ1n) is 3.95. The fourth-order valence-corrected chi connectivity index (χ4v) is 1.04. The van der Waals surface area contributed by atoms with Crippen LogP contribution in [0.2, 0.25) is 0 Å². The number of carboxylic acids is 1. The maximum atomic E-state index is 13.7. The molecule has 0 saturated carbocycles. The number of alkyl halides is 1. The highest BCUT2D eigenvalue weighted by Gasteiger charge is 2.40. The van der Waals surface area contributed by atoms with Crippen LogP contribution in [0.25, 0.3) is 0 Å². The molecular formula is C9H10FNO2. The summed E-state index contributed by atoms with van der Waals surface area (Å²) in [6.07, 6.45) is 1.25. The van der Waals surface area contributed by atoms with Gasteiger partial charge in [0.1, 0.15) is 0 Å². The Balaban J connectivity index is 3.11. The van der Waals surface area contributed by atoms with Crippen LogP contribution in [0.3, 0.4) is 0 Å². The zero-order valence-electron chi connectivity index (χ0n) is 7.20. The third-order valence-electron chi connectivity index (χ3n) is 1.90. The van der Waals surface area contributed by atoms with Crippen LogP contribution < -0.4 is 0 Å². The number of rotatable bonds is 3. The lowest BCUT2D eigenvalue weighted by atomic mass is 9.98. The summed E-state index contributed by atoms with van der Waals surface area (Å²) in [6.45, 7) is 1.48. The van der Waals surface area contributed by atoms with Gasteiger partial charge in [0.15, 0.2) is 0 Å². The van der Waals surface area contributed by atoms with E-state index in [1.807, 2.05) is 0 Å². The highest BCUT2D eigenvalue weighted by Crippen LogP contribution is 2.27. The number of halogens is 1. The van der Waals surface area contributed by atoms with Crippen molar-refractivity contribution < 1.29 is 14.3 Å². The molecular weight excluding hydrogens is 173 g/mol. The van der Waals surface area contributed by atoms with Crippen molar-refractivity contribution in [3.63, 3.8) is 0 Å². The zero-order chi connectivity index (χ0) is 9.90. The molecule has 70 valence electrons. The van der Waals surface area contributed by atoms with Crippen molar-refractivity contribution in [3.8, 4) is 0 Å². The second kappa shape index (κ2) is 3.51. The topological polar surface area (TPSA) is 50.2 Å². The summed E-state index contributed by atoms with van der Waals surface area (Å²) >= 11 is 0. The van der Waals surface area contributed by atoms with Crippen LogP contribution in [0.1, 0.15) is 19.0 Å². The van der Waals surface area contributed by atoms with Crippen LogP contribution in [-0.4, -0.2) is 16.1 Å². The second-order valence-corrected chi connectivity index (χ2v) is 2.67. The number of hydrogen-bond donors (Lipinski definition) is 1. The molecule has 13 heavy (non-hydrogen) atoms. The number of hydrogen-bond acceptors (Lipinski definition) is 2. The molecule has 1 unspecified atom stereocenters. The van der Waals surface area contributed by atoms with Crippen molar-refractivity contribution in [2.45, 2.75) is 19.0 Å². The maximum absolute atomic E-state index is 13.7. The Hall–Kier alpha value is -1.45. The van der Waals surface area contributed by atoms with Crippen molar-refractivity contribution in [2.75, 3.05) is 0 Å². The first kappa shape index (κ1) is 9.64. The van der Waals surface area contributed by atoms with Gasteiger partial charge in [0.2, 0.25) is 5.67 Å². The maximum Gasteiger partial charge on any atom is 0.347 e. The predicted octanol–water partition coefficient (Wildman–Crippen LogP) is 1.74. The molecule has 0 spiro atoms. The summed E-state index contributed by atoms with van der Waals surface area (Å²) in [5, 5.41) is 8.67. The van der Waals surface area contributed by atoms with Crippen LogP contribution >= 0.6 is 0 Å². The van der Waals surface area contributed by atoms with Crippen LogP contribution in [0.5, 0.6) is 0 Å². The minimum Gasteiger partial charge on any atom is -0.479 e. The molecule has 1 aromatic heterocycles. The number of nitrogens with zero attached hydrogens (tertiary/aromatic N) is 1. The summed E-state index contributed by atoms with van der Waals surface area (Å²) in [5.74, 6) is -1.49. The van der Waals surface area contributed by atoms with Crippen LogP contribution in [0.4, 0.5) is 4.39 Å². The van der Waals surface area contributed by atoms with Crippen molar-refractivity contribution >= 4 is 5.97 Å². The van der Waals surface area contributed by atoms with E-state index in [9.17, 15) is 9.18 Å². The standard InChI is InChI=1S/C9H10FNO2/c1-2-9(10,8(12)13)7-5-3-4-6-11-7/h3-6H,2H2,1H3,(H,12,13). The van der Waals surface area contributed by atoms with E-state index in [0.29, 0.717) is 0 Å². The predicted molar refractivity (Wildman–Crippen MR) is 44.9 cm³/mol. The first-order valence-corrected chi connectivity index (χ1v) is 3.95. The molecule has 1 aromatic rings. The average molecular weight is 183 g/mol. The molecule has 1 atom stereocenters. The van der Waals surface area contributed by atoms with E-state index in [1.165, 1.54) is 19.2 Å².